The molecule has 1 aliphatic rings. The van der Waals surface area contributed by atoms with E-state index in [0.29, 0.717) is 23.1 Å². The number of amides is 2. The van der Waals surface area contributed by atoms with Crippen molar-refractivity contribution in [1.82, 2.24) is 0 Å². The van der Waals surface area contributed by atoms with Gasteiger partial charge in [0.05, 0.1) is 30.6 Å². The number of carbonyl (C=O) groups is 2. The number of allylic oxidation sites excluding steroid dienone is 2. The topological polar surface area (TPSA) is 201 Å². The van der Waals surface area contributed by atoms with E-state index < -0.39 is 55.0 Å². The number of ether oxygens (including phenoxy) is 3. The van der Waals surface area contributed by atoms with Crippen LogP contribution >= 0.6 is 0 Å². The van der Waals surface area contributed by atoms with Gasteiger partial charge in [0.15, 0.2) is 6.10 Å². The third-order valence-electron chi connectivity index (χ3n) is 7.89. The lowest BCUT2D eigenvalue weighted by Gasteiger charge is -2.29. The minimum Gasteiger partial charge on any atom is -0.508 e. The van der Waals surface area contributed by atoms with Crippen molar-refractivity contribution in [3.8, 4) is 11.5 Å². The van der Waals surface area contributed by atoms with Gasteiger partial charge in [-0.05, 0) is 51.0 Å². The minimum atomic E-state index is -1.01. The summed E-state index contributed by atoms with van der Waals surface area (Å²) in [6.45, 7) is 6.54. The molecule has 1 aromatic rings. The Bertz CT molecular complexity index is 1230. The molecule has 0 aromatic heterocycles. The van der Waals surface area contributed by atoms with Crippen molar-refractivity contribution in [3.63, 3.8) is 0 Å². The van der Waals surface area contributed by atoms with Gasteiger partial charge in [-0.1, -0.05) is 38.2 Å². The molecule has 1 aliphatic heterocycles. The highest BCUT2D eigenvalue weighted by atomic mass is 16.6. The summed E-state index contributed by atoms with van der Waals surface area (Å²) in [4.78, 5) is 24.8. The quantitative estimate of drug-likeness (QED) is 0.135. The number of aromatic hydroxyl groups is 2. The Morgan fingerprint density at radius 3 is 2.45 bits per heavy atom. The van der Waals surface area contributed by atoms with Gasteiger partial charge in [-0.2, -0.15) is 0 Å². The van der Waals surface area contributed by atoms with Crippen molar-refractivity contribution < 1.29 is 49.3 Å². The average molecular weight is 621 g/mol. The maximum absolute atomic E-state index is 13.1. The number of aliphatic hydroxyl groups is 3. The number of hydrogen-bond acceptors (Lipinski definition) is 10. The molecule has 0 spiro atoms. The second-order valence-corrected chi connectivity index (χ2v) is 11.5. The van der Waals surface area contributed by atoms with E-state index in [1.807, 2.05) is 6.92 Å². The van der Waals surface area contributed by atoms with E-state index in [0.717, 1.165) is 0 Å². The third kappa shape index (κ3) is 10.1. The number of nitrogens with two attached hydrogens (primary N) is 1. The molecule has 246 valence electrons. The number of phenolic OH excluding ortho intramolecular Hbond substituents is 2. The summed E-state index contributed by atoms with van der Waals surface area (Å²) in [5.41, 5.74) is 6.94. The van der Waals surface area contributed by atoms with Gasteiger partial charge < -0.3 is 50.8 Å². The molecule has 8 N–H and O–H groups in total. The molecule has 2 amide bonds. The van der Waals surface area contributed by atoms with Gasteiger partial charge in [-0.3, -0.25) is 4.79 Å². The van der Waals surface area contributed by atoms with E-state index >= 15 is 0 Å². The summed E-state index contributed by atoms with van der Waals surface area (Å²) in [6, 6.07) is 1.25. The molecule has 0 saturated carbocycles. The van der Waals surface area contributed by atoms with Gasteiger partial charge in [0.25, 0.3) is 5.91 Å². The molecule has 1 aromatic carbocycles. The number of primary amides is 1. The number of methoxy groups -OCH3 is 2. The zero-order chi connectivity index (χ0) is 33.1. The summed E-state index contributed by atoms with van der Waals surface area (Å²) in [7, 11) is 2.92. The van der Waals surface area contributed by atoms with Gasteiger partial charge in [0.2, 0.25) is 0 Å². The molecule has 0 aliphatic carbocycles. The molecular weight excluding hydrogens is 572 g/mol. The van der Waals surface area contributed by atoms with Crippen LogP contribution < -0.4 is 11.1 Å². The molecule has 44 heavy (non-hydrogen) atoms. The summed E-state index contributed by atoms with van der Waals surface area (Å²) in [5.74, 6) is -1.60. The van der Waals surface area contributed by atoms with Crippen LogP contribution in [0.25, 0.3) is 0 Å². The van der Waals surface area contributed by atoms with E-state index in [-0.39, 0.29) is 47.9 Å². The fourth-order valence-corrected chi connectivity index (χ4v) is 5.35. The predicted molar refractivity (Wildman–Crippen MR) is 165 cm³/mol. The van der Waals surface area contributed by atoms with Gasteiger partial charge in [-0.25, -0.2) is 4.79 Å². The molecule has 0 fully saturated rings. The second kappa shape index (κ2) is 17.2. The maximum atomic E-state index is 13.1. The maximum Gasteiger partial charge on any atom is 0.405 e. The minimum absolute atomic E-state index is 0.00253. The number of phenols is 2. The first-order chi connectivity index (χ1) is 20.7. The van der Waals surface area contributed by atoms with Crippen LogP contribution in [-0.4, -0.2) is 88.9 Å². The van der Waals surface area contributed by atoms with Crippen molar-refractivity contribution in [2.45, 2.75) is 83.9 Å². The summed E-state index contributed by atoms with van der Waals surface area (Å²) in [5, 5.41) is 55.4. The first-order valence-electron chi connectivity index (χ1n) is 14.6. The van der Waals surface area contributed by atoms with Crippen molar-refractivity contribution in [3.05, 3.63) is 52.6 Å². The standard InChI is InChI=1S/C32H48N2O10/c1-17-12-23-22(11-10-21(36)16-35)25(37)15-24(29(23)39)34-31(40)18(2)8-7-9-26(42-5)30(44-32(33)41)20(4)14-19(3)28(38)27(13-17)43-6/h7-9,14-15,17,19,21,26-28,30,35-39H,10-13,16H2,1-6H3,(H2,33,41)(H,34,40)/b9-7-,18-8+,20-14+/t17-,19+,21?,26+,27+,28-,30+/m1/s1. The Kier molecular flexibility index (Phi) is 14.3. The van der Waals surface area contributed by atoms with Crippen LogP contribution in [0.5, 0.6) is 11.5 Å². The Labute approximate surface area is 258 Å². The molecule has 1 heterocycles. The summed E-state index contributed by atoms with van der Waals surface area (Å²) in [6.07, 6.45) is 1.99. The normalized spacial score (nSPS) is 29.4. The van der Waals surface area contributed by atoms with Crippen molar-refractivity contribution in [2.75, 3.05) is 26.1 Å². The highest BCUT2D eigenvalue weighted by molar-refractivity contribution is 6.04. The molecule has 2 bridgehead atoms. The van der Waals surface area contributed by atoms with Crippen LogP contribution in [0.15, 0.2) is 41.5 Å². The predicted octanol–water partition coefficient (Wildman–Crippen LogP) is 2.84. The lowest BCUT2D eigenvalue weighted by molar-refractivity contribution is -0.112. The summed E-state index contributed by atoms with van der Waals surface area (Å²) >= 11 is 0. The largest absolute Gasteiger partial charge is 0.508 e. The van der Waals surface area contributed by atoms with Crippen molar-refractivity contribution in [1.29, 1.82) is 0 Å². The Balaban J connectivity index is 2.66. The highest BCUT2D eigenvalue weighted by Gasteiger charge is 2.30. The number of rotatable bonds is 7. The molecule has 0 saturated heterocycles. The van der Waals surface area contributed by atoms with Gasteiger partial charge >= 0.3 is 6.09 Å². The first kappa shape index (κ1) is 36.8. The smallest absolute Gasteiger partial charge is 0.405 e. The van der Waals surface area contributed by atoms with Crippen molar-refractivity contribution in [2.24, 2.45) is 17.6 Å². The van der Waals surface area contributed by atoms with Crippen LogP contribution in [0.3, 0.4) is 0 Å². The van der Waals surface area contributed by atoms with Crippen LogP contribution in [0, 0.1) is 11.8 Å². The number of anilines is 1. The van der Waals surface area contributed by atoms with Crippen LogP contribution in [0.4, 0.5) is 10.5 Å². The number of benzene rings is 1. The molecule has 1 unspecified atom stereocenters. The van der Waals surface area contributed by atoms with E-state index in [9.17, 15) is 35.1 Å². The molecule has 0 radical (unpaired) electrons. The van der Waals surface area contributed by atoms with E-state index in [4.69, 9.17) is 19.9 Å². The lowest BCUT2D eigenvalue weighted by Crippen LogP contribution is -2.37. The van der Waals surface area contributed by atoms with E-state index in [1.54, 1.807) is 39.0 Å². The lowest BCUT2D eigenvalue weighted by atomic mass is 9.86. The Morgan fingerprint density at radius 1 is 1.18 bits per heavy atom. The van der Waals surface area contributed by atoms with E-state index in [1.165, 1.54) is 26.4 Å². The number of hydrogen-bond donors (Lipinski definition) is 7. The highest BCUT2D eigenvalue weighted by Crippen LogP contribution is 2.40. The van der Waals surface area contributed by atoms with Gasteiger partial charge in [-0.15, -0.1) is 0 Å². The zero-order valence-electron chi connectivity index (χ0n) is 26.3. The molecule has 12 heteroatoms. The average Bonchev–Trinajstić information content (AvgIpc) is 2.97. The molecule has 2 rings (SSSR count). The SMILES string of the molecule is CO[C@H]1/C=C\C=C(/C)C(=O)Nc2cc(O)c(CCC(O)CO)c(c2O)C[C@@H](C)C[C@H](OC)[C@H](O)[C@@H](C)/C=C(\C)[C@@H]1OC(N)=O. The Hall–Kier alpha value is -3.42. The monoisotopic (exact) mass is 620 g/mol. The van der Waals surface area contributed by atoms with Gasteiger partial charge in [0, 0.05) is 42.9 Å². The number of nitrogens with one attached hydrogen (secondary N) is 1. The van der Waals surface area contributed by atoms with Crippen LogP contribution in [-0.2, 0) is 31.8 Å². The zero-order valence-corrected chi connectivity index (χ0v) is 26.3. The number of carbonyl (C=O) groups excluding carboxylic acids is 2. The van der Waals surface area contributed by atoms with E-state index in [2.05, 4.69) is 5.32 Å². The summed E-state index contributed by atoms with van der Waals surface area (Å²) < 4.78 is 16.6. The first-order valence-corrected chi connectivity index (χ1v) is 14.6. The Morgan fingerprint density at radius 2 is 1.86 bits per heavy atom. The van der Waals surface area contributed by atoms with Crippen LogP contribution in [0.2, 0.25) is 0 Å². The molecule has 12 nitrogen and oxygen atoms in total. The second-order valence-electron chi connectivity index (χ2n) is 11.5. The third-order valence-corrected chi connectivity index (χ3v) is 7.89. The number of aliphatic hydroxyl groups excluding tert-OH is 3. The van der Waals surface area contributed by atoms with Crippen LogP contribution in [0.1, 0.15) is 51.7 Å². The fourth-order valence-electron chi connectivity index (χ4n) is 5.35. The molecule has 7 atom stereocenters. The molecular formula is C32H48N2O10. The number of fused-ring (bicyclic) bond motifs is 2. The fraction of sp³-hybridized carbons (Fsp3) is 0.562. The van der Waals surface area contributed by atoms with Gasteiger partial charge in [0.1, 0.15) is 17.6 Å². The van der Waals surface area contributed by atoms with Crippen molar-refractivity contribution >= 4 is 17.7 Å².